The van der Waals surface area contributed by atoms with Crippen molar-refractivity contribution in [3.8, 4) is 11.5 Å². The predicted molar refractivity (Wildman–Crippen MR) is 68.2 cm³/mol. The van der Waals surface area contributed by atoms with E-state index in [0.717, 1.165) is 18.4 Å². The van der Waals surface area contributed by atoms with Crippen LogP contribution in [0.1, 0.15) is 18.9 Å². The number of carboxylic acid groups (broad SMARTS) is 2. The van der Waals surface area contributed by atoms with Crippen LogP contribution in [0.15, 0.2) is 30.4 Å². The van der Waals surface area contributed by atoms with E-state index in [1.54, 1.807) is 6.07 Å². The van der Waals surface area contributed by atoms with Crippen LogP contribution in [0.3, 0.4) is 0 Å². The zero-order valence-corrected chi connectivity index (χ0v) is 10.4. The topological polar surface area (TPSA) is 115 Å². The highest BCUT2D eigenvalue weighted by molar-refractivity contribution is 5.89. The Morgan fingerprint density at radius 2 is 1.63 bits per heavy atom. The molecule has 19 heavy (non-hydrogen) atoms. The van der Waals surface area contributed by atoms with Crippen LogP contribution in [0.5, 0.6) is 11.5 Å². The summed E-state index contributed by atoms with van der Waals surface area (Å²) in [6, 6.07) is 5.03. The molecule has 0 unspecified atom stereocenters. The third-order valence-electron chi connectivity index (χ3n) is 1.99. The molecular weight excluding hydrogens is 252 g/mol. The van der Waals surface area contributed by atoms with Crippen molar-refractivity contribution in [2.24, 2.45) is 0 Å². The molecule has 6 heteroatoms. The zero-order valence-electron chi connectivity index (χ0n) is 10.4. The fraction of sp³-hybridized carbons (Fsp3) is 0.231. The summed E-state index contributed by atoms with van der Waals surface area (Å²) in [4.78, 5) is 19.1. The molecular formula is C13H16O6. The molecule has 1 rings (SSSR count). The van der Waals surface area contributed by atoms with Gasteiger partial charge in [0.2, 0.25) is 0 Å². The van der Waals surface area contributed by atoms with Gasteiger partial charge in [-0.1, -0.05) is 25.5 Å². The maximum atomic E-state index is 9.55. The quantitative estimate of drug-likeness (QED) is 0.488. The molecule has 0 aliphatic rings. The number of phenolic OH excluding ortho intramolecular Hbond substituents is 2. The number of para-hydroxylation sites is 1. The molecule has 0 amide bonds. The van der Waals surface area contributed by atoms with E-state index in [4.69, 9.17) is 15.3 Å². The number of hydrogen-bond acceptors (Lipinski definition) is 4. The van der Waals surface area contributed by atoms with E-state index in [2.05, 4.69) is 0 Å². The summed E-state index contributed by atoms with van der Waals surface area (Å²) < 4.78 is 0. The van der Waals surface area contributed by atoms with Crippen LogP contribution in [0.2, 0.25) is 0 Å². The molecule has 104 valence electrons. The molecule has 0 atom stereocenters. The number of benzene rings is 1. The maximum Gasteiger partial charge on any atom is 0.328 e. The van der Waals surface area contributed by atoms with Crippen molar-refractivity contribution in [2.45, 2.75) is 19.8 Å². The van der Waals surface area contributed by atoms with Gasteiger partial charge in [0.15, 0.2) is 11.5 Å². The van der Waals surface area contributed by atoms with Gasteiger partial charge in [-0.3, -0.25) is 0 Å². The normalized spacial score (nSPS) is 9.74. The fourth-order valence-corrected chi connectivity index (χ4v) is 1.19. The van der Waals surface area contributed by atoms with Crippen molar-refractivity contribution in [1.29, 1.82) is 0 Å². The third-order valence-corrected chi connectivity index (χ3v) is 1.99. The van der Waals surface area contributed by atoms with Crippen LogP contribution in [0.25, 0.3) is 0 Å². The van der Waals surface area contributed by atoms with E-state index in [9.17, 15) is 14.7 Å². The average molecular weight is 268 g/mol. The van der Waals surface area contributed by atoms with Gasteiger partial charge in [0.25, 0.3) is 0 Å². The van der Waals surface area contributed by atoms with Gasteiger partial charge < -0.3 is 20.4 Å². The lowest BCUT2D eigenvalue weighted by Crippen LogP contribution is -1.91. The predicted octanol–water partition coefficient (Wildman–Crippen LogP) is 1.76. The Morgan fingerprint density at radius 1 is 1.11 bits per heavy atom. The average Bonchev–Trinajstić information content (AvgIpc) is 2.34. The summed E-state index contributed by atoms with van der Waals surface area (Å²) in [6.07, 6.45) is 2.89. The standard InChI is InChI=1S/C9H12O2.C4H4O4/c1-2-4-7-5-3-6-8(10)9(7)11;5-3(6)1-2-4(7)8/h3,5-6,10-11H,2,4H2,1H3;1-2H,(H,5,6)(H,7,8)/b;2-1+. The van der Waals surface area contributed by atoms with Gasteiger partial charge in [-0.25, -0.2) is 9.59 Å². The Hall–Kier alpha value is -2.50. The van der Waals surface area contributed by atoms with Crippen LogP contribution >= 0.6 is 0 Å². The van der Waals surface area contributed by atoms with Gasteiger partial charge in [-0.05, 0) is 18.1 Å². The molecule has 1 aromatic rings. The molecule has 0 radical (unpaired) electrons. The van der Waals surface area contributed by atoms with E-state index in [1.807, 2.05) is 13.0 Å². The molecule has 0 aliphatic heterocycles. The molecule has 6 nitrogen and oxygen atoms in total. The molecule has 4 N–H and O–H groups in total. The maximum absolute atomic E-state index is 9.55. The van der Waals surface area contributed by atoms with Crippen LogP contribution < -0.4 is 0 Å². The minimum absolute atomic E-state index is 0.0225. The van der Waals surface area contributed by atoms with E-state index >= 15 is 0 Å². The highest BCUT2D eigenvalue weighted by atomic mass is 16.4. The Balaban J connectivity index is 0.000000362. The Morgan fingerprint density at radius 3 is 2.05 bits per heavy atom. The molecule has 0 bridgehead atoms. The van der Waals surface area contributed by atoms with Gasteiger partial charge in [0.05, 0.1) is 0 Å². The smallest absolute Gasteiger partial charge is 0.328 e. The van der Waals surface area contributed by atoms with Gasteiger partial charge >= 0.3 is 11.9 Å². The largest absolute Gasteiger partial charge is 0.504 e. The lowest BCUT2D eigenvalue weighted by atomic mass is 10.1. The SMILES string of the molecule is CCCc1cccc(O)c1O.O=C(O)/C=C/C(=O)O. The molecule has 0 aromatic heterocycles. The fourth-order valence-electron chi connectivity index (χ4n) is 1.19. The molecule has 1 aromatic carbocycles. The highest BCUT2D eigenvalue weighted by Gasteiger charge is 2.02. The number of aliphatic carboxylic acids is 2. The lowest BCUT2D eigenvalue weighted by Gasteiger charge is -2.03. The molecule has 0 saturated carbocycles. The van der Waals surface area contributed by atoms with Gasteiger partial charge in [-0.2, -0.15) is 0 Å². The first-order valence-corrected chi connectivity index (χ1v) is 5.52. The second-order valence-corrected chi connectivity index (χ2v) is 3.54. The Kier molecular flexibility index (Phi) is 7.44. The molecule has 0 spiro atoms. The summed E-state index contributed by atoms with van der Waals surface area (Å²) in [7, 11) is 0. The highest BCUT2D eigenvalue weighted by Crippen LogP contribution is 2.28. The van der Waals surface area contributed by atoms with E-state index < -0.39 is 11.9 Å². The van der Waals surface area contributed by atoms with Crippen LogP contribution in [0.4, 0.5) is 0 Å². The monoisotopic (exact) mass is 268 g/mol. The number of rotatable bonds is 4. The van der Waals surface area contributed by atoms with Gasteiger partial charge in [0, 0.05) is 12.2 Å². The van der Waals surface area contributed by atoms with Crippen molar-refractivity contribution in [3.63, 3.8) is 0 Å². The van der Waals surface area contributed by atoms with Crippen LogP contribution in [-0.4, -0.2) is 32.4 Å². The molecule has 0 fully saturated rings. The van der Waals surface area contributed by atoms with E-state index in [1.165, 1.54) is 6.07 Å². The first-order valence-electron chi connectivity index (χ1n) is 5.52. The van der Waals surface area contributed by atoms with Crippen molar-refractivity contribution < 1.29 is 30.0 Å². The summed E-state index contributed by atoms with van der Waals surface area (Å²) in [5, 5.41) is 34.0. The molecule has 0 heterocycles. The van der Waals surface area contributed by atoms with E-state index in [-0.39, 0.29) is 11.5 Å². The second kappa shape index (κ2) is 8.57. The zero-order chi connectivity index (χ0) is 14.8. The van der Waals surface area contributed by atoms with Crippen molar-refractivity contribution >= 4 is 11.9 Å². The van der Waals surface area contributed by atoms with E-state index in [0.29, 0.717) is 12.2 Å². The number of phenols is 2. The van der Waals surface area contributed by atoms with Crippen molar-refractivity contribution in [3.05, 3.63) is 35.9 Å². The summed E-state index contributed by atoms with van der Waals surface area (Å²) >= 11 is 0. The second-order valence-electron chi connectivity index (χ2n) is 3.54. The minimum atomic E-state index is -1.26. The van der Waals surface area contributed by atoms with Crippen molar-refractivity contribution in [1.82, 2.24) is 0 Å². The summed E-state index contributed by atoms with van der Waals surface area (Å²) in [6.45, 7) is 2.03. The minimum Gasteiger partial charge on any atom is -0.504 e. The number of aromatic hydroxyl groups is 2. The number of carbonyl (C=O) groups is 2. The van der Waals surface area contributed by atoms with Crippen LogP contribution in [0, 0.1) is 0 Å². The molecule has 0 aliphatic carbocycles. The Labute approximate surface area is 110 Å². The lowest BCUT2D eigenvalue weighted by molar-refractivity contribution is -0.134. The first-order chi connectivity index (χ1) is 8.88. The van der Waals surface area contributed by atoms with Gasteiger partial charge in [-0.15, -0.1) is 0 Å². The van der Waals surface area contributed by atoms with Crippen LogP contribution in [-0.2, 0) is 16.0 Å². The number of carboxylic acids is 2. The summed E-state index contributed by atoms with van der Waals surface area (Å²) in [5.41, 5.74) is 0.813. The number of aryl methyl sites for hydroxylation is 1. The Bertz CT molecular complexity index is 448. The third kappa shape index (κ3) is 7.43. The molecule has 0 saturated heterocycles. The van der Waals surface area contributed by atoms with Crippen molar-refractivity contribution in [2.75, 3.05) is 0 Å². The first kappa shape index (κ1) is 16.5. The number of hydrogen-bond donors (Lipinski definition) is 4. The summed E-state index contributed by atoms with van der Waals surface area (Å²) in [5.74, 6) is -2.52. The van der Waals surface area contributed by atoms with Gasteiger partial charge in [0.1, 0.15) is 0 Å².